The fraction of sp³-hybridized carbons (Fsp3) is 0.235. The highest BCUT2D eigenvalue weighted by molar-refractivity contribution is 7.13. The Kier molecular flexibility index (Phi) is 9.18. The Hall–Kier alpha value is -5.00. The van der Waals surface area contributed by atoms with E-state index in [1.54, 1.807) is 41.7 Å². The average molecular weight is 623 g/mol. The molecule has 2 atom stereocenters. The van der Waals surface area contributed by atoms with E-state index >= 15 is 0 Å². The molecule has 3 aromatic carbocycles. The Morgan fingerprint density at radius 2 is 1.84 bits per heavy atom. The molecule has 0 spiro atoms. The minimum absolute atomic E-state index is 0.0322. The number of hydrogen-bond acceptors (Lipinski definition) is 8. The third-order valence-corrected chi connectivity index (χ3v) is 8.74. The van der Waals surface area contributed by atoms with Crippen LogP contribution in [0.25, 0.3) is 10.4 Å². The van der Waals surface area contributed by atoms with Crippen LogP contribution in [-0.2, 0) is 24.3 Å². The summed E-state index contributed by atoms with van der Waals surface area (Å²) in [5.74, 6) is -0.0419. The molecule has 0 radical (unpaired) electrons. The van der Waals surface area contributed by atoms with Crippen LogP contribution in [-0.4, -0.2) is 51.2 Å². The number of fused-ring (bicyclic) bond motifs is 1. The summed E-state index contributed by atoms with van der Waals surface area (Å²) in [5.41, 5.74) is 7.30. The van der Waals surface area contributed by atoms with Crippen molar-refractivity contribution in [3.05, 3.63) is 119 Å². The molecule has 2 amide bonds. The number of nitrogens with zero attached hydrogens (tertiary/aromatic N) is 3. The van der Waals surface area contributed by atoms with Gasteiger partial charge < -0.3 is 30.4 Å². The van der Waals surface area contributed by atoms with Crippen molar-refractivity contribution < 1.29 is 19.4 Å². The molecule has 11 heteroatoms. The summed E-state index contributed by atoms with van der Waals surface area (Å²) < 4.78 is 8.16. The lowest BCUT2D eigenvalue weighted by molar-refractivity contribution is -0.122. The minimum atomic E-state index is -0.801. The van der Waals surface area contributed by atoms with Crippen molar-refractivity contribution >= 4 is 23.2 Å². The third kappa shape index (κ3) is 7.05. The standard InChI is InChI=1S/C34H34N6O4S/c1-35-34(43)30(15-22-7-11-26(41)12-8-22)39-33(42)28-4-2-3-27-29(13-14-44-32(27)28)38-17-25-16-36-20-40(25)19-23-5-9-24(10-6-23)31-18-37-21-45-31/h2-12,16,18,20-21,29-30,38,41H,13-15,17,19H2,1H3,(H,35,43)(H,39,42)/t29?,30-/m1/s1. The SMILES string of the molecule is CNC(=O)[C@@H](Cc1ccc(O)cc1)NC(=O)c1cccc2c1OCCC2NCc1cncn1Cc1ccc(-c2cncs2)cc1. The molecule has 5 aromatic rings. The number of carbonyl (C=O) groups is 2. The Labute approximate surface area is 265 Å². The molecule has 0 bridgehead atoms. The molecule has 45 heavy (non-hydrogen) atoms. The Morgan fingerprint density at radius 1 is 1.04 bits per heavy atom. The quantitative estimate of drug-likeness (QED) is 0.171. The molecule has 2 aromatic heterocycles. The fourth-order valence-corrected chi connectivity index (χ4v) is 6.13. The lowest BCUT2D eigenvalue weighted by atomic mass is 9.96. The number of rotatable bonds is 11. The average Bonchev–Trinajstić information content (AvgIpc) is 3.77. The van der Waals surface area contributed by atoms with Crippen molar-refractivity contribution in [3.63, 3.8) is 0 Å². The molecule has 0 saturated carbocycles. The lowest BCUT2D eigenvalue weighted by Crippen LogP contribution is -2.47. The maximum absolute atomic E-state index is 13.5. The first-order valence-electron chi connectivity index (χ1n) is 14.7. The number of phenolic OH excluding ortho intramolecular Hbond substituents is 1. The highest BCUT2D eigenvalue weighted by Gasteiger charge is 2.28. The van der Waals surface area contributed by atoms with Crippen LogP contribution in [0.2, 0.25) is 0 Å². The molecular formula is C34H34N6O4S. The highest BCUT2D eigenvalue weighted by Crippen LogP contribution is 2.35. The zero-order valence-corrected chi connectivity index (χ0v) is 25.6. The van der Waals surface area contributed by atoms with Crippen LogP contribution in [0, 0.1) is 0 Å². The molecule has 0 aliphatic carbocycles. The number of para-hydroxylation sites is 1. The summed E-state index contributed by atoms with van der Waals surface area (Å²) in [4.78, 5) is 35.9. The van der Waals surface area contributed by atoms with Gasteiger partial charge in [-0.1, -0.05) is 48.5 Å². The van der Waals surface area contributed by atoms with E-state index in [1.165, 1.54) is 12.6 Å². The summed E-state index contributed by atoms with van der Waals surface area (Å²) in [6.45, 7) is 1.74. The van der Waals surface area contributed by atoms with E-state index < -0.39 is 6.04 Å². The van der Waals surface area contributed by atoms with Gasteiger partial charge in [-0.15, -0.1) is 11.3 Å². The van der Waals surface area contributed by atoms with E-state index in [0.29, 0.717) is 31.0 Å². The number of thiazole rings is 1. The van der Waals surface area contributed by atoms with Crippen LogP contribution >= 0.6 is 11.3 Å². The summed E-state index contributed by atoms with van der Waals surface area (Å²) in [6.07, 6.45) is 6.61. The molecule has 0 saturated heterocycles. The van der Waals surface area contributed by atoms with Crippen molar-refractivity contribution in [1.29, 1.82) is 0 Å². The fourth-order valence-electron chi connectivity index (χ4n) is 5.50. The van der Waals surface area contributed by atoms with Crippen LogP contribution in [0.1, 0.15) is 45.2 Å². The maximum Gasteiger partial charge on any atom is 0.255 e. The number of benzene rings is 3. The minimum Gasteiger partial charge on any atom is -0.508 e. The van der Waals surface area contributed by atoms with Gasteiger partial charge in [0, 0.05) is 57.0 Å². The van der Waals surface area contributed by atoms with Gasteiger partial charge in [0.1, 0.15) is 17.5 Å². The van der Waals surface area contributed by atoms with Gasteiger partial charge in [0.25, 0.3) is 5.91 Å². The topological polar surface area (TPSA) is 130 Å². The number of aromatic nitrogens is 3. The predicted octanol–water partition coefficient (Wildman–Crippen LogP) is 4.46. The van der Waals surface area contributed by atoms with Crippen molar-refractivity contribution in [2.45, 2.75) is 38.0 Å². The second-order valence-electron chi connectivity index (χ2n) is 10.9. The molecular weight excluding hydrogens is 588 g/mol. The zero-order chi connectivity index (χ0) is 31.2. The summed E-state index contributed by atoms with van der Waals surface area (Å²) in [5, 5.41) is 18.8. The van der Waals surface area contributed by atoms with E-state index in [4.69, 9.17) is 4.74 Å². The monoisotopic (exact) mass is 622 g/mol. The zero-order valence-electron chi connectivity index (χ0n) is 24.8. The van der Waals surface area contributed by atoms with Gasteiger partial charge in [-0.25, -0.2) is 4.98 Å². The second-order valence-corrected chi connectivity index (χ2v) is 11.8. The number of phenols is 1. The molecule has 1 aliphatic rings. The highest BCUT2D eigenvalue weighted by atomic mass is 32.1. The molecule has 4 N–H and O–H groups in total. The summed E-state index contributed by atoms with van der Waals surface area (Å²) in [7, 11) is 1.54. The normalized spacial score (nSPS) is 14.6. The number of amides is 2. The number of imidazole rings is 1. The van der Waals surface area contributed by atoms with Gasteiger partial charge in [0.2, 0.25) is 5.91 Å². The van der Waals surface area contributed by atoms with Crippen LogP contribution in [0.5, 0.6) is 11.5 Å². The summed E-state index contributed by atoms with van der Waals surface area (Å²) in [6, 6.07) is 19.8. The molecule has 6 rings (SSSR count). The molecule has 1 unspecified atom stereocenters. The van der Waals surface area contributed by atoms with Crippen molar-refractivity contribution in [3.8, 4) is 21.9 Å². The number of ether oxygens (including phenoxy) is 1. The molecule has 0 fully saturated rings. The largest absolute Gasteiger partial charge is 0.508 e. The van der Waals surface area contributed by atoms with E-state index in [2.05, 4.69) is 54.8 Å². The van der Waals surface area contributed by atoms with Crippen LogP contribution in [0.15, 0.2) is 91.0 Å². The number of likely N-dealkylation sites (N-methyl/N-ethyl adjacent to an activating group) is 1. The van der Waals surface area contributed by atoms with Gasteiger partial charge in [-0.05, 0) is 34.9 Å². The first-order chi connectivity index (χ1) is 22.0. The first kappa shape index (κ1) is 30.0. The molecule has 230 valence electrons. The Balaban J connectivity index is 1.12. The molecule has 10 nitrogen and oxygen atoms in total. The molecule has 3 heterocycles. The second kappa shape index (κ2) is 13.7. The number of hydrogen-bond donors (Lipinski definition) is 4. The summed E-state index contributed by atoms with van der Waals surface area (Å²) >= 11 is 1.62. The van der Waals surface area contributed by atoms with Crippen LogP contribution < -0.4 is 20.7 Å². The lowest BCUT2D eigenvalue weighted by Gasteiger charge is -2.28. The van der Waals surface area contributed by atoms with Crippen LogP contribution in [0.4, 0.5) is 0 Å². The van der Waals surface area contributed by atoms with Gasteiger partial charge in [0.05, 0.1) is 34.6 Å². The smallest absolute Gasteiger partial charge is 0.255 e. The predicted molar refractivity (Wildman–Crippen MR) is 172 cm³/mol. The van der Waals surface area contributed by atoms with Gasteiger partial charge in [-0.2, -0.15) is 0 Å². The Morgan fingerprint density at radius 3 is 2.60 bits per heavy atom. The van der Waals surface area contributed by atoms with Gasteiger partial charge in [-0.3, -0.25) is 14.6 Å². The third-order valence-electron chi connectivity index (χ3n) is 7.91. The van der Waals surface area contributed by atoms with Gasteiger partial charge >= 0.3 is 0 Å². The van der Waals surface area contributed by atoms with E-state index in [0.717, 1.165) is 33.7 Å². The Bertz CT molecular complexity index is 1750. The van der Waals surface area contributed by atoms with E-state index in [9.17, 15) is 14.7 Å². The number of nitrogens with one attached hydrogen (secondary N) is 3. The van der Waals surface area contributed by atoms with Crippen molar-refractivity contribution in [1.82, 2.24) is 30.5 Å². The maximum atomic E-state index is 13.5. The van der Waals surface area contributed by atoms with Crippen molar-refractivity contribution in [2.75, 3.05) is 13.7 Å². The number of aromatic hydroxyl groups is 1. The van der Waals surface area contributed by atoms with Crippen LogP contribution in [0.3, 0.4) is 0 Å². The van der Waals surface area contributed by atoms with Crippen molar-refractivity contribution in [2.24, 2.45) is 0 Å². The molecule has 1 aliphatic heterocycles. The van der Waals surface area contributed by atoms with Gasteiger partial charge in [0.15, 0.2) is 0 Å². The number of carbonyl (C=O) groups excluding carboxylic acids is 2. The van der Waals surface area contributed by atoms with E-state index in [1.807, 2.05) is 36.4 Å². The first-order valence-corrected chi connectivity index (χ1v) is 15.6. The van der Waals surface area contributed by atoms with E-state index in [-0.39, 0.29) is 30.0 Å².